The average molecular weight is 460 g/mol. The Morgan fingerprint density at radius 3 is 2.13 bits per heavy atom. The minimum Gasteiger partial charge on any atom is -0.480 e. The Kier molecular flexibility index (Phi) is 7.28. The molecule has 0 bridgehead atoms. The number of aryl methyl sites for hydroxylation is 1. The molecule has 2 rings (SSSR count). The Balaban J connectivity index is 2.39. The van der Waals surface area contributed by atoms with Crippen LogP contribution in [0.3, 0.4) is 0 Å². The number of hydrogen-bond donors (Lipinski definition) is 2. The number of carboxylic acid groups (broad SMARTS) is 1. The van der Waals surface area contributed by atoms with Crippen molar-refractivity contribution < 1.29 is 32.7 Å². The van der Waals surface area contributed by atoms with Crippen LogP contribution in [0.5, 0.6) is 0 Å². The van der Waals surface area contributed by atoms with Gasteiger partial charge >= 0.3 is 12.1 Å². The zero-order chi connectivity index (χ0) is 22.6. The number of ketones is 1. The van der Waals surface area contributed by atoms with Gasteiger partial charge in [0.05, 0.1) is 5.57 Å². The summed E-state index contributed by atoms with van der Waals surface area (Å²) in [6.07, 6.45) is -4.42. The minimum atomic E-state index is -4.85. The van der Waals surface area contributed by atoms with Gasteiger partial charge in [-0.1, -0.05) is 29.3 Å². The van der Waals surface area contributed by atoms with Crippen LogP contribution in [0, 0.1) is 6.92 Å². The van der Waals surface area contributed by atoms with Gasteiger partial charge in [-0.25, -0.2) is 0 Å². The number of benzene rings is 2. The molecule has 0 atom stereocenters. The topological polar surface area (TPSA) is 83.5 Å². The molecule has 10 heteroatoms. The van der Waals surface area contributed by atoms with E-state index in [-0.39, 0.29) is 32.3 Å². The molecular weight excluding hydrogens is 446 g/mol. The van der Waals surface area contributed by atoms with Crippen LogP contribution >= 0.6 is 23.2 Å². The molecular formula is C20H14Cl2F3NO4. The number of carbonyl (C=O) groups is 3. The van der Waals surface area contributed by atoms with Crippen LogP contribution in [0.4, 0.5) is 13.2 Å². The lowest BCUT2D eigenvalue weighted by molar-refractivity contribution is -0.135. The molecule has 2 N–H and O–H groups in total. The molecule has 0 aliphatic rings. The maximum Gasteiger partial charge on any atom is 0.417 e. The highest BCUT2D eigenvalue weighted by molar-refractivity contribution is 6.35. The summed E-state index contributed by atoms with van der Waals surface area (Å²) >= 11 is 11.5. The van der Waals surface area contributed by atoms with Gasteiger partial charge in [0.25, 0.3) is 5.91 Å². The molecule has 0 fully saturated rings. The zero-order valence-electron chi connectivity index (χ0n) is 15.3. The third kappa shape index (κ3) is 6.08. The van der Waals surface area contributed by atoms with Gasteiger partial charge in [0, 0.05) is 21.2 Å². The van der Waals surface area contributed by atoms with Crippen molar-refractivity contribution in [3.63, 3.8) is 0 Å². The van der Waals surface area contributed by atoms with Gasteiger partial charge in [0.15, 0.2) is 5.78 Å². The quantitative estimate of drug-likeness (QED) is 0.473. The van der Waals surface area contributed by atoms with Crippen LogP contribution < -0.4 is 5.32 Å². The van der Waals surface area contributed by atoms with E-state index < -0.39 is 36.0 Å². The van der Waals surface area contributed by atoms with Crippen LogP contribution in [-0.4, -0.2) is 35.5 Å². The Bertz CT molecular complexity index is 1030. The SMILES string of the molecule is Cc1cc(C(=O)/C=C(/c2cc(Cl)cc(Cl)c2)C(F)(F)F)ccc1C(=O)NCC(=O)O. The number of alkyl halides is 3. The van der Waals surface area contributed by atoms with E-state index in [0.717, 1.165) is 12.1 Å². The number of allylic oxidation sites excluding steroid dienone is 2. The van der Waals surface area contributed by atoms with Crippen molar-refractivity contribution in [3.05, 3.63) is 74.8 Å². The molecule has 0 saturated heterocycles. The average Bonchev–Trinajstić information content (AvgIpc) is 2.62. The van der Waals surface area contributed by atoms with Crippen LogP contribution in [0.2, 0.25) is 10.0 Å². The van der Waals surface area contributed by atoms with Crippen molar-refractivity contribution in [2.75, 3.05) is 6.54 Å². The normalized spacial score (nSPS) is 11.9. The Hall–Kier alpha value is -2.84. The molecule has 0 aliphatic heterocycles. The van der Waals surface area contributed by atoms with Gasteiger partial charge in [-0.15, -0.1) is 0 Å². The number of hydrogen-bond acceptors (Lipinski definition) is 3. The molecule has 0 aromatic heterocycles. The van der Waals surface area contributed by atoms with Crippen molar-refractivity contribution in [2.45, 2.75) is 13.1 Å². The predicted octanol–water partition coefficient (Wildman–Crippen LogP) is 4.94. The van der Waals surface area contributed by atoms with E-state index in [9.17, 15) is 27.6 Å². The summed E-state index contributed by atoms with van der Waals surface area (Å²) in [7, 11) is 0. The first kappa shape index (κ1) is 23.4. The van der Waals surface area contributed by atoms with Crippen molar-refractivity contribution >= 4 is 46.4 Å². The summed E-state index contributed by atoms with van der Waals surface area (Å²) in [6.45, 7) is 0.871. The van der Waals surface area contributed by atoms with E-state index in [1.165, 1.54) is 31.2 Å². The highest BCUT2D eigenvalue weighted by Gasteiger charge is 2.35. The van der Waals surface area contributed by atoms with Crippen LogP contribution in [0.25, 0.3) is 5.57 Å². The summed E-state index contributed by atoms with van der Waals surface area (Å²) in [4.78, 5) is 35.0. The summed E-state index contributed by atoms with van der Waals surface area (Å²) in [5.74, 6) is -2.87. The summed E-state index contributed by atoms with van der Waals surface area (Å²) < 4.78 is 40.6. The van der Waals surface area contributed by atoms with E-state index in [0.29, 0.717) is 6.08 Å². The largest absolute Gasteiger partial charge is 0.480 e. The highest BCUT2D eigenvalue weighted by atomic mass is 35.5. The van der Waals surface area contributed by atoms with Gasteiger partial charge < -0.3 is 10.4 Å². The summed E-state index contributed by atoms with van der Waals surface area (Å²) in [5.41, 5.74) is -1.30. The second kappa shape index (κ2) is 9.32. The third-order valence-electron chi connectivity index (χ3n) is 3.91. The van der Waals surface area contributed by atoms with Crippen molar-refractivity contribution in [1.82, 2.24) is 5.32 Å². The summed E-state index contributed by atoms with van der Waals surface area (Å²) in [5, 5.41) is 10.7. The second-order valence-corrected chi connectivity index (χ2v) is 7.06. The van der Waals surface area contributed by atoms with E-state index >= 15 is 0 Å². The van der Waals surface area contributed by atoms with Gasteiger partial charge in [-0.2, -0.15) is 13.2 Å². The van der Waals surface area contributed by atoms with Crippen LogP contribution in [0.1, 0.15) is 31.8 Å². The first-order valence-electron chi connectivity index (χ1n) is 8.29. The molecule has 0 radical (unpaired) electrons. The Morgan fingerprint density at radius 1 is 1.03 bits per heavy atom. The van der Waals surface area contributed by atoms with E-state index in [4.69, 9.17) is 28.3 Å². The molecule has 158 valence electrons. The minimum absolute atomic E-state index is 0.0207. The van der Waals surface area contributed by atoms with Crippen LogP contribution in [0.15, 0.2) is 42.5 Å². The first-order chi connectivity index (χ1) is 13.9. The van der Waals surface area contributed by atoms with Gasteiger partial charge in [-0.05, 0) is 54.5 Å². The first-order valence-corrected chi connectivity index (χ1v) is 9.04. The lowest BCUT2D eigenvalue weighted by atomic mass is 9.98. The Labute approximate surface area is 179 Å². The monoisotopic (exact) mass is 459 g/mol. The molecule has 0 heterocycles. The van der Waals surface area contributed by atoms with Gasteiger partial charge in [0.2, 0.25) is 0 Å². The highest BCUT2D eigenvalue weighted by Crippen LogP contribution is 2.36. The maximum absolute atomic E-state index is 13.5. The summed E-state index contributed by atoms with van der Waals surface area (Å²) in [6, 6.07) is 7.01. The predicted molar refractivity (Wildman–Crippen MR) is 106 cm³/mol. The molecule has 0 aliphatic carbocycles. The molecule has 0 unspecified atom stereocenters. The number of nitrogens with one attached hydrogen (secondary N) is 1. The lowest BCUT2D eigenvalue weighted by Gasteiger charge is -2.13. The second-order valence-electron chi connectivity index (χ2n) is 6.18. The number of halogens is 5. The third-order valence-corrected chi connectivity index (χ3v) is 4.35. The fraction of sp³-hybridized carbons (Fsp3) is 0.150. The van der Waals surface area contributed by atoms with E-state index in [1.807, 2.05) is 0 Å². The fourth-order valence-electron chi connectivity index (χ4n) is 2.58. The van der Waals surface area contributed by atoms with Gasteiger partial charge in [0.1, 0.15) is 6.54 Å². The van der Waals surface area contributed by atoms with Crippen LogP contribution in [-0.2, 0) is 4.79 Å². The zero-order valence-corrected chi connectivity index (χ0v) is 16.8. The molecule has 2 aromatic carbocycles. The van der Waals surface area contributed by atoms with Crippen molar-refractivity contribution in [3.8, 4) is 0 Å². The maximum atomic E-state index is 13.5. The van der Waals surface area contributed by atoms with E-state index in [2.05, 4.69) is 5.32 Å². The molecule has 5 nitrogen and oxygen atoms in total. The fourth-order valence-corrected chi connectivity index (χ4v) is 3.10. The standard InChI is InChI=1S/C20H14Cl2F3NO4/c1-10-4-11(2-3-15(10)19(30)26-9-18(28)29)17(27)8-16(20(23,24)25)12-5-13(21)7-14(22)6-12/h2-8H,9H2,1H3,(H,26,30)(H,28,29)/b16-8-. The molecule has 0 spiro atoms. The number of aliphatic carboxylic acids is 1. The van der Waals surface area contributed by atoms with Gasteiger partial charge in [-0.3, -0.25) is 14.4 Å². The number of rotatable bonds is 6. The number of carboxylic acids is 1. The Morgan fingerprint density at radius 2 is 1.63 bits per heavy atom. The van der Waals surface area contributed by atoms with E-state index in [1.54, 1.807) is 0 Å². The van der Waals surface area contributed by atoms with Crippen molar-refractivity contribution in [2.24, 2.45) is 0 Å². The number of carbonyl (C=O) groups excluding carboxylic acids is 2. The molecule has 2 aromatic rings. The molecule has 30 heavy (non-hydrogen) atoms. The van der Waals surface area contributed by atoms with Crippen molar-refractivity contribution in [1.29, 1.82) is 0 Å². The number of amides is 1. The molecule has 1 amide bonds. The molecule has 0 saturated carbocycles. The lowest BCUT2D eigenvalue weighted by Crippen LogP contribution is -2.29. The smallest absolute Gasteiger partial charge is 0.417 e.